The second-order valence-electron chi connectivity index (χ2n) is 33.4. The number of carbonyl (C=O) groups excluding carboxylic acids is 8. The number of aromatic nitrogens is 2. The number of rotatable bonds is 23. The number of ether oxygens (including phenoxy) is 9. The van der Waals surface area contributed by atoms with Crippen LogP contribution in [0.15, 0.2) is 120 Å². The summed E-state index contributed by atoms with van der Waals surface area (Å²) in [6.45, 7) is 4.60. The first-order chi connectivity index (χ1) is 63.8. The number of anilines is 1. The Bertz CT molecular complexity index is 5710. The number of alkyl halides is 3. The maximum absolute atomic E-state index is 16.5. The van der Waals surface area contributed by atoms with Crippen molar-refractivity contribution >= 4 is 82.2 Å². The Labute approximate surface area is 772 Å². The van der Waals surface area contributed by atoms with Crippen molar-refractivity contribution in [1.29, 1.82) is 0 Å². The summed E-state index contributed by atoms with van der Waals surface area (Å²) in [6.07, 6.45) is -34.3. The molecule has 3 unspecified atom stereocenters. The Morgan fingerprint density at radius 3 is 1.94 bits per heavy atom. The highest BCUT2D eigenvalue weighted by Gasteiger charge is 2.53. The van der Waals surface area contributed by atoms with Crippen LogP contribution in [-0.4, -0.2) is 267 Å². The van der Waals surface area contributed by atoms with Crippen LogP contribution in [0.5, 0.6) is 51.7 Å². The number of nitrogens with zero attached hydrogens (tertiary/aromatic N) is 2. The lowest BCUT2D eigenvalue weighted by Crippen LogP contribution is -2.65. The molecule has 7 aromatic rings. The molecule has 8 amide bonds. The number of benzene rings is 6. The van der Waals surface area contributed by atoms with E-state index in [1.54, 1.807) is 13.8 Å². The first kappa shape index (κ1) is 100. The van der Waals surface area contributed by atoms with Gasteiger partial charge in [-0.25, -0.2) is 9.59 Å². The molecule has 9 heterocycles. The van der Waals surface area contributed by atoms with E-state index in [2.05, 4.69) is 57.6 Å². The van der Waals surface area contributed by atoms with Gasteiger partial charge in [-0.1, -0.05) is 55.2 Å². The van der Waals surface area contributed by atoms with Crippen molar-refractivity contribution < 1.29 is 160 Å². The van der Waals surface area contributed by atoms with Gasteiger partial charge < -0.3 is 163 Å². The molecule has 8 aliphatic rings. The average Bonchev–Trinajstić information content (AvgIpc) is 0.761. The standard InChI is InChI=1S/C86H96Cl2F3N13O31/c1-32(2)20-45(94-5)75(118)102-62-64(110)36-9-14-49(43(87)22-36)128-51-24-38-25-52(71(51)133-83-69(115)67(113)72(54(31-105)131-83)134-82-68(114)66(112)65(111)53(130-82)30-95-17-19-104-18-16-56(98-84(104)126)97-74(117)34-6-11-40(12-7-34)135-86(89,90)91)129-50-15-10-37(23-44(50)88)70(132-57-29-85(4,93)73(116)33(3)127-57)63-80(123)101-61(81(124)125)42-26-39(106)27-48(108)58(42)41-21-35(8-13-47(41)107)59(77(120)103-63)100-78(121)60(38)99-76(119)46(28-55(92)109)96-79(62)122/h6-16,18,21-27,32-33,45-46,53-54,57,59-70,72-73,82-83,94-95,105-108,110-116H,17,19-20,28-31,93H2,1-5H3,(H2,92,109)(H,96,122)(H,99,119)(H,100,121)(H,101,123)(H,102,118)(H,103,120)(H,124,125)(H,97,98,117,126)/t33-,45+,46?,53+,54+,57-,59+,60+,61?,62?,63-,64+,65-,66-,67+,68+,69+,70+,72+,73-,82-,83-,85-/m0/s1. The molecule has 44 nitrogen and oxygen atoms in total. The number of aromatic hydroxyl groups is 3. The third kappa shape index (κ3) is 22.8. The fourth-order valence-corrected chi connectivity index (χ4v) is 16.6. The lowest BCUT2D eigenvalue weighted by molar-refractivity contribution is -0.350. The van der Waals surface area contributed by atoms with Gasteiger partial charge in [-0.05, 0) is 140 Å². The number of primary amides is 1. The topological polar surface area (TPSA) is 675 Å². The average molecular weight is 1940 g/mol. The van der Waals surface area contributed by atoms with Gasteiger partial charge in [0.15, 0.2) is 30.1 Å². The van der Waals surface area contributed by atoms with E-state index in [4.69, 9.17) is 72.6 Å². The van der Waals surface area contributed by atoms with Crippen molar-refractivity contribution in [2.45, 2.75) is 200 Å². The number of nitrogens with one attached hydrogen (secondary N) is 9. The predicted octanol–water partition coefficient (Wildman–Crippen LogP) is -0.0645. The molecule has 3 fully saturated rings. The highest BCUT2D eigenvalue weighted by Crippen LogP contribution is 2.51. The van der Waals surface area contributed by atoms with Crippen LogP contribution in [0.3, 0.4) is 0 Å². The third-order valence-electron chi connectivity index (χ3n) is 23.0. The largest absolute Gasteiger partial charge is 0.573 e. The number of carboxylic acid groups (broad SMARTS) is 1. The van der Waals surface area contributed by atoms with E-state index in [9.17, 15) is 98.4 Å². The summed E-state index contributed by atoms with van der Waals surface area (Å²) in [7, 11) is 1.44. The van der Waals surface area contributed by atoms with Crippen molar-refractivity contribution in [3.8, 4) is 62.9 Å². The Morgan fingerprint density at radius 1 is 0.689 bits per heavy atom. The number of hydrogen-bond donors (Lipinski definition) is 23. The van der Waals surface area contributed by atoms with Gasteiger partial charge in [0.05, 0.1) is 41.3 Å². The van der Waals surface area contributed by atoms with Gasteiger partial charge in [-0.15, -0.1) is 13.2 Å². The summed E-state index contributed by atoms with van der Waals surface area (Å²) < 4.78 is 94.0. The minimum atomic E-state index is -4.99. The van der Waals surface area contributed by atoms with Gasteiger partial charge in [0.25, 0.3) is 5.91 Å². The first-order valence-corrected chi connectivity index (χ1v) is 42.6. The van der Waals surface area contributed by atoms with Crippen LogP contribution >= 0.6 is 23.2 Å². The van der Waals surface area contributed by atoms with Crippen LogP contribution in [0.2, 0.25) is 10.0 Å². The molecule has 3 saturated heterocycles. The molecule has 0 aliphatic carbocycles. The van der Waals surface area contributed by atoms with Crippen LogP contribution < -0.4 is 84.0 Å². The first-order valence-electron chi connectivity index (χ1n) is 41.9. The van der Waals surface area contributed by atoms with E-state index in [1.807, 2.05) is 0 Å². The molecule has 23 atom stereocenters. The fourth-order valence-electron chi connectivity index (χ4n) is 16.1. The van der Waals surface area contributed by atoms with E-state index in [-0.39, 0.29) is 47.9 Å². The van der Waals surface area contributed by atoms with Crippen molar-refractivity contribution in [2.24, 2.45) is 17.4 Å². The van der Waals surface area contributed by atoms with Crippen LogP contribution in [0.1, 0.15) is 115 Å². The Kier molecular flexibility index (Phi) is 30.8. The van der Waals surface area contributed by atoms with Gasteiger partial charge in [-0.2, -0.15) is 4.98 Å². The molecule has 11 bridgehead atoms. The molecule has 49 heteroatoms. The molecule has 0 spiro atoms. The quantitative estimate of drug-likeness (QED) is 0.0373. The number of aliphatic hydroxyl groups is 8. The number of fused-ring (bicyclic) bond motifs is 15. The summed E-state index contributed by atoms with van der Waals surface area (Å²) in [5, 5.41) is 161. The van der Waals surface area contributed by atoms with Crippen molar-refractivity contribution in [2.75, 3.05) is 32.1 Å². The Morgan fingerprint density at radius 2 is 1.32 bits per heavy atom. The molecular weight excluding hydrogens is 1840 g/mol. The summed E-state index contributed by atoms with van der Waals surface area (Å²) in [6, 6.07) is 3.45. The van der Waals surface area contributed by atoms with E-state index in [0.29, 0.717) is 0 Å². The molecule has 25 N–H and O–H groups in total. The Hall–Kier alpha value is -12.2. The van der Waals surface area contributed by atoms with E-state index in [0.717, 1.165) is 102 Å². The van der Waals surface area contributed by atoms with E-state index in [1.165, 1.54) is 39.2 Å². The number of amides is 8. The minimum Gasteiger partial charge on any atom is -0.508 e. The normalized spacial score (nSPS) is 28.5. The van der Waals surface area contributed by atoms with Crippen LogP contribution in [0, 0.1) is 5.92 Å². The lowest BCUT2D eigenvalue weighted by Gasteiger charge is -2.46. The van der Waals surface area contributed by atoms with E-state index < -0.39 is 321 Å². The lowest BCUT2D eigenvalue weighted by atomic mass is 9.86. The van der Waals surface area contributed by atoms with Crippen LogP contribution in [0.25, 0.3) is 11.1 Å². The summed E-state index contributed by atoms with van der Waals surface area (Å²) in [4.78, 5) is 150. The highest BCUT2D eigenvalue weighted by molar-refractivity contribution is 6.32. The van der Waals surface area contributed by atoms with E-state index >= 15 is 24.0 Å². The number of aliphatic hydroxyl groups excluding tert-OH is 8. The summed E-state index contributed by atoms with van der Waals surface area (Å²) in [5.74, 6) is -18.9. The SMILES string of the molecule is CN[C@H](CC(C)C)C(=O)NC1C(=O)NC(CC(N)=O)C(=O)N[C@H]2C(=O)N[C@H]3C(=O)N[C@H](C(=O)NC(C(=O)O)c4cc(O)cc(O)c4-c4cc3ccc4O)[C@H](O[C@H]3C[C@](C)(N)[C@@H](O)[C@H](C)O3)c3ccc(c(Cl)c3)Oc3cc2cc(c3O[C@@H]2O[C@H](CO)[C@@H](O[C@@H]3O[C@H](CNCCn4ccc(NC(=O)c5ccc(OC(F)(F)F)cc5)nc4=O)[C@H](O)[C@H](O)[C@H]3O)[C@H](O)[C@H]2O)Oc2ccc(cc2Cl)[C@H]1O. The number of likely N-dealkylation sites (N-methyl/N-ethyl adjacent to an activating group) is 1. The zero-order chi connectivity index (χ0) is 98.0. The fraction of sp³-hybridized carbons (Fsp3) is 0.430. The van der Waals surface area contributed by atoms with Gasteiger partial charge >= 0.3 is 18.0 Å². The monoisotopic (exact) mass is 1930 g/mol. The molecule has 135 heavy (non-hydrogen) atoms. The van der Waals surface area contributed by atoms with Crippen LogP contribution in [-0.2, 0) is 68.6 Å². The highest BCUT2D eigenvalue weighted by atomic mass is 35.5. The van der Waals surface area contributed by atoms with Crippen molar-refractivity contribution in [1.82, 2.24) is 52.1 Å². The molecule has 726 valence electrons. The summed E-state index contributed by atoms with van der Waals surface area (Å²) in [5.41, 5.74) is 6.72. The number of phenolic OH excluding ortho intramolecular Hbond substituents is 3. The van der Waals surface area contributed by atoms with Crippen molar-refractivity contribution in [3.63, 3.8) is 0 Å². The van der Waals surface area contributed by atoms with Gasteiger partial charge in [-0.3, -0.25) is 42.9 Å². The van der Waals surface area contributed by atoms with Crippen molar-refractivity contribution in [3.05, 3.63) is 169 Å². The molecule has 6 aromatic carbocycles. The molecule has 15 rings (SSSR count). The molecule has 0 saturated carbocycles. The van der Waals surface area contributed by atoms with Gasteiger partial charge in [0.2, 0.25) is 53.4 Å². The second-order valence-corrected chi connectivity index (χ2v) is 34.2. The number of nitrogens with two attached hydrogens (primary N) is 2. The maximum Gasteiger partial charge on any atom is 0.573 e. The maximum atomic E-state index is 16.5. The number of carboxylic acids is 1. The summed E-state index contributed by atoms with van der Waals surface area (Å²) >= 11 is 14.5. The number of halogens is 5. The predicted molar refractivity (Wildman–Crippen MR) is 457 cm³/mol. The zero-order valence-corrected chi connectivity index (χ0v) is 73.3. The molecule has 1 aromatic heterocycles. The van der Waals surface area contributed by atoms with Crippen LogP contribution in [0.4, 0.5) is 19.0 Å². The number of aliphatic carboxylic acids is 1. The number of hydrogen-bond acceptors (Lipinski definition) is 34. The minimum absolute atomic E-state index is 0.111. The van der Waals surface area contributed by atoms with Gasteiger partial charge in [0, 0.05) is 66.1 Å². The molecular formula is C86H96Cl2F3N13O31. The van der Waals surface area contributed by atoms with Gasteiger partial charge in [0.1, 0.15) is 132 Å². The second kappa shape index (κ2) is 41.5. The number of phenols is 3. The number of carbonyl (C=O) groups is 9. The third-order valence-corrected chi connectivity index (χ3v) is 23.6. The smallest absolute Gasteiger partial charge is 0.508 e. The Balaban J connectivity index is 0.907. The molecule has 8 aliphatic heterocycles. The molecule has 0 radical (unpaired) electrons. The zero-order valence-electron chi connectivity index (χ0n) is 71.8.